The van der Waals surface area contributed by atoms with Crippen molar-refractivity contribution in [1.29, 1.82) is 0 Å². The van der Waals surface area contributed by atoms with E-state index in [1.165, 1.54) is 18.4 Å². The predicted octanol–water partition coefficient (Wildman–Crippen LogP) is 7.35. The molecule has 1 fully saturated rings. The van der Waals surface area contributed by atoms with Gasteiger partial charge in [-0.15, -0.1) is 11.3 Å². The molecule has 7 rings (SSSR count). The lowest BCUT2D eigenvalue weighted by molar-refractivity contribution is -0.115. The summed E-state index contributed by atoms with van der Waals surface area (Å²) < 4.78 is 1.87. The lowest BCUT2D eigenvalue weighted by Crippen LogP contribution is -2.18. The highest BCUT2D eigenvalue weighted by molar-refractivity contribution is 7.10. The van der Waals surface area contributed by atoms with E-state index in [1.807, 2.05) is 83.7 Å². The van der Waals surface area contributed by atoms with E-state index in [0.717, 1.165) is 69.5 Å². The van der Waals surface area contributed by atoms with Crippen LogP contribution in [0.1, 0.15) is 28.8 Å². The maximum Gasteiger partial charge on any atom is 0.229 e. The Hall–Kier alpha value is -4.86. The largest absolute Gasteiger partial charge is 0.326 e. The summed E-state index contributed by atoms with van der Waals surface area (Å²) in [4.78, 5) is 25.9. The van der Waals surface area contributed by atoms with Crippen LogP contribution < -0.4 is 10.6 Å². The molecule has 9 heteroatoms. The molecule has 4 aromatic heterocycles. The Morgan fingerprint density at radius 3 is 2.75 bits per heavy atom. The molecule has 5 heterocycles. The van der Waals surface area contributed by atoms with Gasteiger partial charge in [0.15, 0.2) is 0 Å². The summed E-state index contributed by atoms with van der Waals surface area (Å²) in [5.74, 6) is 0.478. The average molecular weight is 600 g/mol. The van der Waals surface area contributed by atoms with Gasteiger partial charge >= 0.3 is 0 Å². The number of aryl methyl sites for hydroxylation is 1. The van der Waals surface area contributed by atoms with Crippen LogP contribution in [-0.2, 0) is 17.8 Å². The molecular weight excluding hydrogens is 567 g/mol. The van der Waals surface area contributed by atoms with Crippen LogP contribution >= 0.6 is 11.3 Å². The number of nitrogens with zero attached hydrogens (tertiary/aromatic N) is 5. The van der Waals surface area contributed by atoms with Crippen LogP contribution in [0.5, 0.6) is 0 Å². The number of aromatic nitrogens is 4. The third-order valence-corrected chi connectivity index (χ3v) is 8.82. The van der Waals surface area contributed by atoms with E-state index in [-0.39, 0.29) is 5.91 Å². The monoisotopic (exact) mass is 599 g/mol. The first-order chi connectivity index (χ1) is 21.6. The fraction of sp³-hybridized carbons (Fsp3) is 0.200. The second kappa shape index (κ2) is 12.4. The number of amides is 1. The van der Waals surface area contributed by atoms with Crippen LogP contribution in [0.25, 0.3) is 28.0 Å². The first-order valence-electron chi connectivity index (χ1n) is 14.9. The van der Waals surface area contributed by atoms with Crippen molar-refractivity contribution in [3.8, 4) is 22.5 Å². The number of carbonyl (C=O) groups is 1. The highest BCUT2D eigenvalue weighted by Gasteiger charge is 2.20. The van der Waals surface area contributed by atoms with E-state index in [2.05, 4.69) is 38.7 Å². The maximum absolute atomic E-state index is 12.9. The van der Waals surface area contributed by atoms with Crippen molar-refractivity contribution in [2.75, 3.05) is 23.7 Å². The SMILES string of the molecule is Cc1ccc(-c2nn3ccccc3c2-c2ccnc(Nc3cccc(CN4CCCC4)c3)n2)cc1NC(=O)Cc1cccs1. The lowest BCUT2D eigenvalue weighted by Gasteiger charge is -2.15. The van der Waals surface area contributed by atoms with Gasteiger partial charge in [0.25, 0.3) is 0 Å². The van der Waals surface area contributed by atoms with Gasteiger partial charge in [0.2, 0.25) is 11.9 Å². The number of pyridine rings is 1. The zero-order valence-corrected chi connectivity index (χ0v) is 25.3. The van der Waals surface area contributed by atoms with E-state index in [1.54, 1.807) is 17.5 Å². The van der Waals surface area contributed by atoms with Gasteiger partial charge < -0.3 is 10.6 Å². The van der Waals surface area contributed by atoms with Crippen molar-refractivity contribution < 1.29 is 4.79 Å². The number of likely N-dealkylation sites (tertiary alicyclic amines) is 1. The zero-order chi connectivity index (χ0) is 29.9. The van der Waals surface area contributed by atoms with Gasteiger partial charge in [-0.25, -0.2) is 14.5 Å². The third-order valence-electron chi connectivity index (χ3n) is 7.94. The Morgan fingerprint density at radius 2 is 1.89 bits per heavy atom. The van der Waals surface area contributed by atoms with Crippen LogP contribution in [0.15, 0.2) is 96.6 Å². The van der Waals surface area contributed by atoms with Crippen LogP contribution in [0, 0.1) is 6.92 Å². The Kier molecular flexibility index (Phi) is 7.87. The first-order valence-corrected chi connectivity index (χ1v) is 15.8. The van der Waals surface area contributed by atoms with Crippen molar-refractivity contribution in [1.82, 2.24) is 24.5 Å². The molecule has 0 bridgehead atoms. The number of benzene rings is 2. The number of thiophene rings is 1. The number of hydrogen-bond donors (Lipinski definition) is 2. The second-order valence-corrected chi connectivity index (χ2v) is 12.2. The smallest absolute Gasteiger partial charge is 0.229 e. The Bertz CT molecular complexity index is 1930. The Balaban J connectivity index is 1.20. The fourth-order valence-corrected chi connectivity index (χ4v) is 6.46. The number of hydrogen-bond acceptors (Lipinski definition) is 7. The quantitative estimate of drug-likeness (QED) is 0.181. The maximum atomic E-state index is 12.9. The number of rotatable bonds is 9. The summed E-state index contributed by atoms with van der Waals surface area (Å²) in [6.45, 7) is 5.27. The van der Waals surface area contributed by atoms with Gasteiger partial charge in [-0.05, 0) is 91.8 Å². The Labute approximate surface area is 260 Å². The summed E-state index contributed by atoms with van der Waals surface area (Å²) in [6.07, 6.45) is 6.61. The lowest BCUT2D eigenvalue weighted by atomic mass is 10.0. The van der Waals surface area contributed by atoms with Crippen molar-refractivity contribution in [2.45, 2.75) is 32.7 Å². The van der Waals surface area contributed by atoms with E-state index >= 15 is 0 Å². The van der Waals surface area contributed by atoms with Gasteiger partial charge in [-0.2, -0.15) is 5.10 Å². The molecule has 44 heavy (non-hydrogen) atoms. The van der Waals surface area contributed by atoms with Gasteiger partial charge in [0, 0.05) is 40.8 Å². The molecule has 2 aromatic carbocycles. The minimum absolute atomic E-state index is 0.0426. The molecular formula is C35H33N7OS. The zero-order valence-electron chi connectivity index (χ0n) is 24.5. The summed E-state index contributed by atoms with van der Waals surface area (Å²) in [7, 11) is 0. The molecule has 6 aromatic rings. The van der Waals surface area contributed by atoms with Crippen LogP contribution in [0.2, 0.25) is 0 Å². The summed E-state index contributed by atoms with van der Waals surface area (Å²) in [5.41, 5.74) is 8.25. The molecule has 0 unspecified atom stereocenters. The molecule has 1 amide bonds. The minimum Gasteiger partial charge on any atom is -0.326 e. The second-order valence-electron chi connectivity index (χ2n) is 11.2. The standard InChI is InChI=1S/C35H33N7OS/c1-24-12-13-26(21-30(24)38-32(43)22-28-10-7-19-44-28)34-33(31-11-2-3-18-42(31)40-34)29-14-15-36-35(39-29)37-27-9-6-8-25(20-27)23-41-16-4-5-17-41/h2-3,6-15,18-21H,4-5,16-17,22-23H2,1H3,(H,38,43)(H,36,37,39). The van der Waals surface area contributed by atoms with Crippen LogP contribution in [-0.4, -0.2) is 43.5 Å². The molecule has 0 aliphatic carbocycles. The average Bonchev–Trinajstić information content (AvgIpc) is 3.81. The molecule has 2 N–H and O–H groups in total. The first kappa shape index (κ1) is 27.9. The van der Waals surface area contributed by atoms with Gasteiger partial charge in [0.05, 0.1) is 23.2 Å². The number of anilines is 3. The van der Waals surface area contributed by atoms with Crippen molar-refractivity contribution in [2.24, 2.45) is 0 Å². The molecule has 1 aliphatic heterocycles. The number of carbonyl (C=O) groups excluding carboxylic acids is 1. The van der Waals surface area contributed by atoms with E-state index in [0.29, 0.717) is 12.4 Å². The highest BCUT2D eigenvalue weighted by atomic mass is 32.1. The predicted molar refractivity (Wildman–Crippen MR) is 177 cm³/mol. The fourth-order valence-electron chi connectivity index (χ4n) is 5.76. The van der Waals surface area contributed by atoms with E-state index < -0.39 is 0 Å². The summed E-state index contributed by atoms with van der Waals surface area (Å²) in [5, 5.41) is 13.5. The van der Waals surface area contributed by atoms with Gasteiger partial charge in [-0.3, -0.25) is 9.69 Å². The van der Waals surface area contributed by atoms with Crippen molar-refractivity contribution in [3.63, 3.8) is 0 Å². The highest BCUT2D eigenvalue weighted by Crippen LogP contribution is 2.36. The number of fused-ring (bicyclic) bond motifs is 1. The van der Waals surface area contributed by atoms with Gasteiger partial charge in [0.1, 0.15) is 5.69 Å². The molecule has 0 saturated carbocycles. The van der Waals surface area contributed by atoms with E-state index in [4.69, 9.17) is 10.1 Å². The van der Waals surface area contributed by atoms with Crippen LogP contribution in [0.3, 0.4) is 0 Å². The number of nitrogens with one attached hydrogen (secondary N) is 2. The molecule has 220 valence electrons. The molecule has 0 atom stereocenters. The Morgan fingerprint density at radius 1 is 0.977 bits per heavy atom. The topological polar surface area (TPSA) is 87.4 Å². The molecule has 0 radical (unpaired) electrons. The molecule has 0 spiro atoms. The van der Waals surface area contributed by atoms with Gasteiger partial charge in [-0.1, -0.05) is 36.4 Å². The van der Waals surface area contributed by atoms with Crippen LogP contribution in [0.4, 0.5) is 17.3 Å². The minimum atomic E-state index is -0.0426. The summed E-state index contributed by atoms with van der Waals surface area (Å²) in [6, 6.07) is 26.4. The van der Waals surface area contributed by atoms with E-state index in [9.17, 15) is 4.79 Å². The van der Waals surface area contributed by atoms with Crippen molar-refractivity contribution >= 4 is 40.1 Å². The summed E-state index contributed by atoms with van der Waals surface area (Å²) >= 11 is 1.58. The molecule has 8 nitrogen and oxygen atoms in total. The van der Waals surface area contributed by atoms with Crippen molar-refractivity contribution in [3.05, 3.63) is 113 Å². The normalized spacial score (nSPS) is 13.4. The molecule has 1 saturated heterocycles. The molecule has 1 aliphatic rings. The third kappa shape index (κ3) is 6.10.